The van der Waals surface area contributed by atoms with Gasteiger partial charge < -0.3 is 5.32 Å². The van der Waals surface area contributed by atoms with Crippen molar-refractivity contribution in [1.82, 2.24) is 5.32 Å². The lowest BCUT2D eigenvalue weighted by molar-refractivity contribution is 0.456. The van der Waals surface area contributed by atoms with E-state index >= 15 is 0 Å². The minimum absolute atomic E-state index is 0.166. The van der Waals surface area contributed by atoms with Gasteiger partial charge in [0.25, 0.3) is 0 Å². The Hall–Kier alpha value is -1.67. The fraction of sp³-hybridized carbons (Fsp3) is 0.333. The summed E-state index contributed by atoms with van der Waals surface area (Å²) < 4.78 is 13.0. The van der Waals surface area contributed by atoms with Crippen molar-refractivity contribution in [3.63, 3.8) is 0 Å². The maximum Gasteiger partial charge on any atom is 0.123 e. The molecule has 0 bridgehead atoms. The van der Waals surface area contributed by atoms with E-state index < -0.39 is 0 Å². The molecule has 104 valence electrons. The zero-order chi connectivity index (χ0) is 13.9. The molecule has 2 aromatic carbocycles. The summed E-state index contributed by atoms with van der Waals surface area (Å²) in [6.07, 6.45) is 3.31. The van der Waals surface area contributed by atoms with Gasteiger partial charge in [-0.05, 0) is 55.1 Å². The highest BCUT2D eigenvalue weighted by atomic mass is 19.1. The molecule has 3 rings (SSSR count). The SMILES string of the molecule is CNC(Cc1ccc(F)cc1)C1CCc2ccccc21. The fourth-order valence-electron chi connectivity index (χ4n) is 3.33. The molecule has 1 aliphatic rings. The number of benzene rings is 2. The Morgan fingerprint density at radius 1 is 1.15 bits per heavy atom. The molecule has 0 saturated carbocycles. The fourth-order valence-corrected chi connectivity index (χ4v) is 3.33. The van der Waals surface area contributed by atoms with Gasteiger partial charge in [-0.15, -0.1) is 0 Å². The molecule has 1 aliphatic carbocycles. The first-order chi connectivity index (χ1) is 9.78. The van der Waals surface area contributed by atoms with Crippen molar-refractivity contribution in [2.24, 2.45) is 0 Å². The Kier molecular flexibility index (Phi) is 3.83. The molecule has 0 aromatic heterocycles. The van der Waals surface area contributed by atoms with Gasteiger partial charge in [-0.1, -0.05) is 36.4 Å². The van der Waals surface area contributed by atoms with E-state index in [0.717, 1.165) is 6.42 Å². The van der Waals surface area contributed by atoms with E-state index in [0.29, 0.717) is 12.0 Å². The van der Waals surface area contributed by atoms with Crippen molar-refractivity contribution < 1.29 is 4.39 Å². The van der Waals surface area contributed by atoms with Gasteiger partial charge in [0, 0.05) is 12.0 Å². The predicted octanol–water partition coefficient (Wildman–Crippen LogP) is 3.69. The molecular formula is C18H20FN. The van der Waals surface area contributed by atoms with Crippen LogP contribution in [-0.4, -0.2) is 13.1 Å². The maximum absolute atomic E-state index is 13.0. The molecule has 2 heteroatoms. The second-order valence-corrected chi connectivity index (χ2v) is 5.57. The summed E-state index contributed by atoms with van der Waals surface area (Å²) >= 11 is 0. The zero-order valence-electron chi connectivity index (χ0n) is 11.8. The van der Waals surface area contributed by atoms with E-state index in [4.69, 9.17) is 0 Å². The standard InChI is InChI=1S/C18H20FN/c1-20-18(12-13-6-9-15(19)10-7-13)17-11-8-14-4-2-3-5-16(14)17/h2-7,9-10,17-18,20H,8,11-12H2,1H3. The number of aryl methyl sites for hydroxylation is 1. The average molecular weight is 269 g/mol. The number of hydrogen-bond acceptors (Lipinski definition) is 1. The Bertz CT molecular complexity index is 576. The van der Waals surface area contributed by atoms with Gasteiger partial charge in [-0.2, -0.15) is 0 Å². The van der Waals surface area contributed by atoms with Gasteiger partial charge in [0.1, 0.15) is 5.82 Å². The maximum atomic E-state index is 13.0. The van der Waals surface area contributed by atoms with Crippen LogP contribution >= 0.6 is 0 Å². The average Bonchev–Trinajstić information content (AvgIpc) is 2.91. The van der Waals surface area contributed by atoms with Crippen LogP contribution in [0.3, 0.4) is 0 Å². The topological polar surface area (TPSA) is 12.0 Å². The molecule has 0 radical (unpaired) electrons. The molecule has 0 fully saturated rings. The number of rotatable bonds is 4. The van der Waals surface area contributed by atoms with Crippen molar-refractivity contribution in [3.05, 3.63) is 71.0 Å². The highest BCUT2D eigenvalue weighted by Gasteiger charge is 2.28. The van der Waals surface area contributed by atoms with Crippen LogP contribution in [0.2, 0.25) is 0 Å². The zero-order valence-corrected chi connectivity index (χ0v) is 11.8. The molecule has 0 spiro atoms. The third kappa shape index (κ3) is 2.61. The first kappa shape index (κ1) is 13.3. The van der Waals surface area contributed by atoms with Crippen molar-refractivity contribution in [2.75, 3.05) is 7.05 Å². The van der Waals surface area contributed by atoms with Gasteiger partial charge in [0.2, 0.25) is 0 Å². The summed E-state index contributed by atoms with van der Waals surface area (Å²) in [4.78, 5) is 0. The van der Waals surface area contributed by atoms with Gasteiger partial charge in [0.05, 0.1) is 0 Å². The van der Waals surface area contributed by atoms with Crippen molar-refractivity contribution in [2.45, 2.75) is 31.2 Å². The van der Waals surface area contributed by atoms with Crippen molar-refractivity contribution in [3.8, 4) is 0 Å². The molecule has 1 N–H and O–H groups in total. The molecule has 0 aliphatic heterocycles. The largest absolute Gasteiger partial charge is 0.316 e. The highest BCUT2D eigenvalue weighted by Crippen LogP contribution is 2.36. The van der Waals surface area contributed by atoms with Crippen LogP contribution in [0, 0.1) is 5.82 Å². The van der Waals surface area contributed by atoms with Crippen molar-refractivity contribution >= 4 is 0 Å². The molecule has 0 amide bonds. The number of fused-ring (bicyclic) bond motifs is 1. The molecule has 20 heavy (non-hydrogen) atoms. The normalized spacial score (nSPS) is 18.8. The highest BCUT2D eigenvalue weighted by molar-refractivity contribution is 5.36. The molecule has 0 heterocycles. The Morgan fingerprint density at radius 2 is 1.90 bits per heavy atom. The molecule has 2 unspecified atom stereocenters. The summed E-state index contributed by atoms with van der Waals surface area (Å²) in [6.45, 7) is 0. The molecule has 0 saturated heterocycles. The van der Waals surface area contributed by atoms with Gasteiger partial charge in [0.15, 0.2) is 0 Å². The van der Waals surface area contributed by atoms with Crippen LogP contribution in [0.4, 0.5) is 4.39 Å². The predicted molar refractivity (Wildman–Crippen MR) is 80.5 cm³/mol. The van der Waals surface area contributed by atoms with E-state index in [9.17, 15) is 4.39 Å². The molecular weight excluding hydrogens is 249 g/mol. The van der Waals surface area contributed by atoms with E-state index in [2.05, 4.69) is 29.6 Å². The molecule has 1 nitrogen and oxygen atoms in total. The van der Waals surface area contributed by atoms with Crippen LogP contribution in [0.1, 0.15) is 29.0 Å². The number of likely N-dealkylation sites (N-methyl/N-ethyl adjacent to an activating group) is 1. The number of nitrogens with one attached hydrogen (secondary N) is 1. The Labute approximate surface area is 119 Å². The first-order valence-corrected chi connectivity index (χ1v) is 7.27. The lowest BCUT2D eigenvalue weighted by atomic mass is 9.89. The van der Waals surface area contributed by atoms with Crippen LogP contribution in [0.25, 0.3) is 0 Å². The van der Waals surface area contributed by atoms with Crippen LogP contribution in [-0.2, 0) is 12.8 Å². The Morgan fingerprint density at radius 3 is 2.65 bits per heavy atom. The van der Waals surface area contributed by atoms with E-state index in [1.54, 1.807) is 12.1 Å². The molecule has 2 atom stereocenters. The Balaban J connectivity index is 1.79. The summed E-state index contributed by atoms with van der Waals surface area (Å²) in [5.74, 6) is 0.391. The lowest BCUT2D eigenvalue weighted by Gasteiger charge is -2.24. The van der Waals surface area contributed by atoms with Gasteiger partial charge in [-0.25, -0.2) is 4.39 Å². The quantitative estimate of drug-likeness (QED) is 0.892. The lowest BCUT2D eigenvalue weighted by Crippen LogP contribution is -2.33. The van der Waals surface area contributed by atoms with Crippen LogP contribution in [0.5, 0.6) is 0 Å². The second-order valence-electron chi connectivity index (χ2n) is 5.57. The van der Waals surface area contributed by atoms with E-state index in [1.807, 2.05) is 19.2 Å². The second kappa shape index (κ2) is 5.76. The third-order valence-corrected chi connectivity index (χ3v) is 4.40. The summed E-state index contributed by atoms with van der Waals surface area (Å²) in [5, 5.41) is 3.45. The number of halogens is 1. The third-order valence-electron chi connectivity index (χ3n) is 4.40. The van der Waals surface area contributed by atoms with Gasteiger partial charge >= 0.3 is 0 Å². The molecule has 2 aromatic rings. The summed E-state index contributed by atoms with van der Waals surface area (Å²) in [5.41, 5.74) is 4.15. The minimum atomic E-state index is -0.166. The van der Waals surface area contributed by atoms with E-state index in [-0.39, 0.29) is 5.82 Å². The van der Waals surface area contributed by atoms with Gasteiger partial charge in [-0.3, -0.25) is 0 Å². The number of hydrogen-bond donors (Lipinski definition) is 1. The monoisotopic (exact) mass is 269 g/mol. The summed E-state index contributed by atoms with van der Waals surface area (Å²) in [7, 11) is 2.02. The van der Waals surface area contributed by atoms with Crippen molar-refractivity contribution in [1.29, 1.82) is 0 Å². The van der Waals surface area contributed by atoms with Crippen LogP contribution < -0.4 is 5.32 Å². The first-order valence-electron chi connectivity index (χ1n) is 7.27. The van der Waals surface area contributed by atoms with Crippen LogP contribution in [0.15, 0.2) is 48.5 Å². The smallest absolute Gasteiger partial charge is 0.123 e. The minimum Gasteiger partial charge on any atom is -0.316 e. The van der Waals surface area contributed by atoms with E-state index in [1.165, 1.54) is 29.5 Å². The summed E-state index contributed by atoms with van der Waals surface area (Å²) in [6, 6.07) is 16.0.